The zero-order valence-electron chi connectivity index (χ0n) is 22.4. The number of fused-ring (bicyclic) bond motifs is 2. The van der Waals surface area contributed by atoms with E-state index in [1.165, 1.54) is 17.2 Å². The first-order valence-corrected chi connectivity index (χ1v) is 14.1. The zero-order valence-corrected chi connectivity index (χ0v) is 22.4. The number of carbonyl (C=O) groups is 2. The minimum Gasteiger partial charge on any atom is -0.481 e. The molecule has 2 atom stereocenters. The fraction of sp³-hybridized carbons (Fsp3) is 0.344. The predicted molar refractivity (Wildman–Crippen MR) is 150 cm³/mol. The van der Waals surface area contributed by atoms with E-state index in [1.807, 2.05) is 50.7 Å². The minimum absolute atomic E-state index is 0.00693. The number of anilines is 1. The van der Waals surface area contributed by atoms with E-state index in [0.717, 1.165) is 30.5 Å². The van der Waals surface area contributed by atoms with Crippen LogP contribution in [-0.4, -0.2) is 51.1 Å². The smallest absolute Gasteiger partial charge is 0.308 e. The second-order valence-corrected chi connectivity index (χ2v) is 11.4. The molecule has 40 heavy (non-hydrogen) atoms. The molecule has 2 aliphatic heterocycles. The van der Waals surface area contributed by atoms with Crippen molar-refractivity contribution in [1.29, 1.82) is 0 Å². The summed E-state index contributed by atoms with van der Waals surface area (Å²) in [7, 11) is 0. The van der Waals surface area contributed by atoms with E-state index in [0.29, 0.717) is 54.5 Å². The van der Waals surface area contributed by atoms with E-state index in [2.05, 4.69) is 19.1 Å². The third kappa shape index (κ3) is 4.22. The summed E-state index contributed by atoms with van der Waals surface area (Å²) in [5.41, 5.74) is 6.49. The van der Waals surface area contributed by atoms with Gasteiger partial charge in [-0.3, -0.25) is 9.59 Å². The summed E-state index contributed by atoms with van der Waals surface area (Å²) in [6.07, 6.45) is 3.49. The van der Waals surface area contributed by atoms with E-state index in [4.69, 9.17) is 5.10 Å². The molecule has 1 unspecified atom stereocenters. The highest BCUT2D eigenvalue weighted by atomic mass is 19.1. The van der Waals surface area contributed by atoms with E-state index in [1.54, 1.807) is 6.07 Å². The van der Waals surface area contributed by atoms with Crippen molar-refractivity contribution in [2.24, 2.45) is 5.92 Å². The monoisotopic (exact) mass is 538 g/mol. The molecule has 1 N–H and O–H groups in total. The highest BCUT2D eigenvalue weighted by Gasteiger charge is 2.32. The van der Waals surface area contributed by atoms with Crippen LogP contribution in [0.2, 0.25) is 0 Å². The first-order valence-electron chi connectivity index (χ1n) is 14.1. The Labute approximate surface area is 231 Å². The van der Waals surface area contributed by atoms with Crippen LogP contribution >= 0.6 is 0 Å². The fourth-order valence-corrected chi connectivity index (χ4v) is 6.37. The van der Waals surface area contributed by atoms with E-state index in [-0.39, 0.29) is 11.9 Å². The van der Waals surface area contributed by atoms with Gasteiger partial charge in [0.05, 0.1) is 23.2 Å². The Hall–Kier alpha value is -4.20. The fourth-order valence-electron chi connectivity index (χ4n) is 6.37. The van der Waals surface area contributed by atoms with Gasteiger partial charge in [0, 0.05) is 48.1 Å². The quantitative estimate of drug-likeness (QED) is 0.353. The van der Waals surface area contributed by atoms with Crippen LogP contribution in [0.5, 0.6) is 0 Å². The van der Waals surface area contributed by atoms with Crippen LogP contribution in [-0.2, 0) is 11.2 Å². The third-order valence-electron chi connectivity index (χ3n) is 8.82. The van der Waals surface area contributed by atoms with Gasteiger partial charge in [0.1, 0.15) is 5.82 Å². The van der Waals surface area contributed by atoms with Gasteiger partial charge in [-0.05, 0) is 80.1 Å². The van der Waals surface area contributed by atoms with Gasteiger partial charge >= 0.3 is 5.97 Å². The number of carboxylic acids is 1. The van der Waals surface area contributed by atoms with Crippen LogP contribution in [0.1, 0.15) is 65.3 Å². The van der Waals surface area contributed by atoms with Crippen molar-refractivity contribution in [3.8, 4) is 11.3 Å². The maximum atomic E-state index is 15.4. The number of hydrogen-bond donors (Lipinski definition) is 1. The molecular formula is C32H31FN4O3. The number of carboxylic acid groups (broad SMARTS) is 1. The van der Waals surface area contributed by atoms with Crippen LogP contribution in [0.3, 0.4) is 0 Å². The van der Waals surface area contributed by atoms with Gasteiger partial charge in [0.2, 0.25) is 0 Å². The second-order valence-electron chi connectivity index (χ2n) is 11.4. The van der Waals surface area contributed by atoms with Crippen LogP contribution in [0.4, 0.5) is 10.1 Å². The molecule has 0 bridgehead atoms. The van der Waals surface area contributed by atoms with Crippen molar-refractivity contribution in [2.75, 3.05) is 24.5 Å². The van der Waals surface area contributed by atoms with Gasteiger partial charge in [0.15, 0.2) is 0 Å². The van der Waals surface area contributed by atoms with Crippen LogP contribution < -0.4 is 4.90 Å². The molecule has 2 aromatic carbocycles. The Morgan fingerprint density at radius 2 is 1.82 bits per heavy atom. The number of hydrogen-bond acceptors (Lipinski definition) is 4. The Morgan fingerprint density at radius 3 is 2.58 bits per heavy atom. The number of nitrogens with zero attached hydrogens (tertiary/aromatic N) is 4. The lowest BCUT2D eigenvalue weighted by molar-refractivity contribution is -0.140. The summed E-state index contributed by atoms with van der Waals surface area (Å²) < 4.78 is 17.3. The number of pyridine rings is 1. The maximum absolute atomic E-state index is 15.4. The zero-order chi connectivity index (χ0) is 27.5. The summed E-state index contributed by atoms with van der Waals surface area (Å²) >= 11 is 0. The first-order chi connectivity index (χ1) is 19.4. The highest BCUT2D eigenvalue weighted by molar-refractivity contribution is 5.96. The van der Waals surface area contributed by atoms with Crippen molar-refractivity contribution in [3.63, 3.8) is 0 Å². The number of amides is 1. The summed E-state index contributed by atoms with van der Waals surface area (Å²) in [5, 5.41) is 14.1. The molecule has 7 nitrogen and oxygen atoms in total. The molecule has 2 aromatic heterocycles. The summed E-state index contributed by atoms with van der Waals surface area (Å²) in [5.74, 6) is -1.29. The molecule has 2 fully saturated rings. The number of benzene rings is 2. The van der Waals surface area contributed by atoms with Crippen LogP contribution in [0.15, 0.2) is 60.7 Å². The standard InChI is InChI=1S/C32H31FN4O3/c1-19-26-5-3-2-4-20(26)11-13-36(19)31(38)23-14-25-17-29(34-37(25)30(15-23)21-6-7-21)27-9-8-24(16-28(27)33)35-12-10-22(18-35)32(39)40/h2-5,8-9,14-17,19,21-22H,6-7,10-13,18H2,1H3,(H,39,40)/t19-,22?/m1/s1. The molecule has 0 radical (unpaired) electrons. The molecule has 4 aromatic rings. The van der Waals surface area contributed by atoms with Crippen molar-refractivity contribution in [1.82, 2.24) is 14.5 Å². The number of rotatable bonds is 5. The van der Waals surface area contributed by atoms with Gasteiger partial charge in [0.25, 0.3) is 5.91 Å². The van der Waals surface area contributed by atoms with Gasteiger partial charge in [-0.1, -0.05) is 24.3 Å². The largest absolute Gasteiger partial charge is 0.481 e. The molecule has 3 aliphatic rings. The highest BCUT2D eigenvalue weighted by Crippen LogP contribution is 2.41. The normalized spacial score (nSPS) is 20.6. The molecule has 1 saturated carbocycles. The van der Waals surface area contributed by atoms with E-state index < -0.39 is 17.7 Å². The van der Waals surface area contributed by atoms with Crippen LogP contribution in [0, 0.1) is 11.7 Å². The molecular weight excluding hydrogens is 507 g/mol. The second kappa shape index (κ2) is 9.47. The number of carbonyl (C=O) groups excluding carboxylic acids is 1. The Balaban J connectivity index is 1.21. The molecule has 1 amide bonds. The lowest BCUT2D eigenvalue weighted by Gasteiger charge is -2.35. The number of aromatic nitrogens is 2. The average molecular weight is 539 g/mol. The Morgan fingerprint density at radius 1 is 1.00 bits per heavy atom. The van der Waals surface area contributed by atoms with E-state index in [9.17, 15) is 14.7 Å². The molecule has 7 rings (SSSR count). The molecule has 8 heteroatoms. The van der Waals surface area contributed by atoms with Crippen molar-refractivity contribution >= 4 is 23.1 Å². The molecule has 0 spiro atoms. The first kappa shape index (κ1) is 24.8. The van der Waals surface area contributed by atoms with Gasteiger partial charge in [-0.2, -0.15) is 5.10 Å². The average Bonchev–Trinajstić information content (AvgIpc) is 3.51. The van der Waals surface area contributed by atoms with Gasteiger partial charge < -0.3 is 14.9 Å². The Kier molecular flexibility index (Phi) is 5.87. The van der Waals surface area contributed by atoms with Crippen molar-refractivity contribution in [2.45, 2.75) is 44.6 Å². The summed E-state index contributed by atoms with van der Waals surface area (Å²) in [6, 6.07) is 19.0. The Bertz CT molecular complexity index is 1660. The third-order valence-corrected chi connectivity index (χ3v) is 8.82. The van der Waals surface area contributed by atoms with E-state index >= 15 is 4.39 Å². The van der Waals surface area contributed by atoms with Crippen molar-refractivity contribution in [3.05, 3.63) is 88.9 Å². The van der Waals surface area contributed by atoms with Gasteiger partial charge in [-0.25, -0.2) is 8.91 Å². The number of aliphatic carboxylic acids is 1. The lowest BCUT2D eigenvalue weighted by Crippen LogP contribution is -2.38. The molecule has 1 aliphatic carbocycles. The molecule has 1 saturated heterocycles. The SMILES string of the molecule is C[C@@H]1c2ccccc2CCN1C(=O)c1cc(C2CC2)n2nc(-c3ccc(N4CCC(C(=O)O)C4)cc3F)cc2c1. The maximum Gasteiger partial charge on any atom is 0.308 e. The topological polar surface area (TPSA) is 78.2 Å². The minimum atomic E-state index is -0.812. The molecule has 4 heterocycles. The number of halogens is 1. The van der Waals surface area contributed by atoms with Gasteiger partial charge in [-0.15, -0.1) is 0 Å². The predicted octanol–water partition coefficient (Wildman–Crippen LogP) is 5.69. The summed E-state index contributed by atoms with van der Waals surface area (Å²) in [6.45, 7) is 3.73. The lowest BCUT2D eigenvalue weighted by atomic mass is 9.93. The molecule has 204 valence electrons. The van der Waals surface area contributed by atoms with Crippen molar-refractivity contribution < 1.29 is 19.1 Å². The summed E-state index contributed by atoms with van der Waals surface area (Å²) in [4.78, 5) is 29.0. The van der Waals surface area contributed by atoms with Crippen LogP contribution in [0.25, 0.3) is 16.8 Å².